The number of nitrogens with one attached hydrogen (secondary N) is 1. The minimum Gasteiger partial charge on any atom is -0.484 e. The van der Waals surface area contributed by atoms with E-state index >= 15 is 0 Å². The molecule has 2 heterocycles. The van der Waals surface area contributed by atoms with E-state index in [2.05, 4.69) is 22.4 Å². The highest BCUT2D eigenvalue weighted by atomic mass is 16.5. The lowest BCUT2D eigenvalue weighted by molar-refractivity contribution is -0.124. The second kappa shape index (κ2) is 7.49. The SMILES string of the molecule is CN1CCC(NC(=O)COc2cccc(-c3cnn(C)c3)c2)CC1. The zero-order chi connectivity index (χ0) is 16.9. The number of benzene rings is 1. The molecule has 0 aliphatic carbocycles. The van der Waals surface area contributed by atoms with Crippen LogP contribution in [-0.4, -0.2) is 53.4 Å². The van der Waals surface area contributed by atoms with Crippen molar-refractivity contribution in [1.82, 2.24) is 20.0 Å². The number of likely N-dealkylation sites (tertiary alicyclic amines) is 1. The number of carbonyl (C=O) groups is 1. The zero-order valence-corrected chi connectivity index (χ0v) is 14.2. The molecule has 1 aromatic carbocycles. The smallest absolute Gasteiger partial charge is 0.258 e. The number of hydrogen-bond acceptors (Lipinski definition) is 4. The third kappa shape index (κ3) is 4.35. The van der Waals surface area contributed by atoms with E-state index in [4.69, 9.17) is 4.74 Å². The molecule has 6 heteroatoms. The average molecular weight is 328 g/mol. The summed E-state index contributed by atoms with van der Waals surface area (Å²) in [4.78, 5) is 14.3. The number of rotatable bonds is 5. The second-order valence-corrected chi connectivity index (χ2v) is 6.36. The van der Waals surface area contributed by atoms with Crippen LogP contribution < -0.4 is 10.1 Å². The molecule has 3 rings (SSSR count). The standard InChI is InChI=1S/C18H24N4O2/c1-21-8-6-16(7-9-21)20-18(23)13-24-17-5-3-4-14(10-17)15-11-19-22(2)12-15/h3-5,10-12,16H,6-9,13H2,1-2H3,(H,20,23). The van der Waals surface area contributed by atoms with Gasteiger partial charge in [0.05, 0.1) is 6.20 Å². The first-order valence-corrected chi connectivity index (χ1v) is 8.30. The number of hydrogen-bond donors (Lipinski definition) is 1. The van der Waals surface area contributed by atoms with Gasteiger partial charge in [0.1, 0.15) is 5.75 Å². The third-order valence-electron chi connectivity index (χ3n) is 4.33. The van der Waals surface area contributed by atoms with Crippen LogP contribution in [0.3, 0.4) is 0 Å². The molecule has 1 fully saturated rings. The van der Waals surface area contributed by atoms with Crippen molar-refractivity contribution in [3.8, 4) is 16.9 Å². The second-order valence-electron chi connectivity index (χ2n) is 6.36. The van der Waals surface area contributed by atoms with Crippen molar-refractivity contribution in [1.29, 1.82) is 0 Å². The molecular weight excluding hydrogens is 304 g/mol. The molecule has 128 valence electrons. The summed E-state index contributed by atoms with van der Waals surface area (Å²) in [5, 5.41) is 7.23. The van der Waals surface area contributed by atoms with Crippen LogP contribution in [0, 0.1) is 0 Å². The van der Waals surface area contributed by atoms with Crippen molar-refractivity contribution < 1.29 is 9.53 Å². The zero-order valence-electron chi connectivity index (χ0n) is 14.2. The number of carbonyl (C=O) groups excluding carboxylic acids is 1. The number of amides is 1. The van der Waals surface area contributed by atoms with Crippen LogP contribution in [0.5, 0.6) is 5.75 Å². The fourth-order valence-corrected chi connectivity index (χ4v) is 2.91. The normalized spacial score (nSPS) is 16.1. The molecular formula is C18H24N4O2. The Hall–Kier alpha value is -2.34. The molecule has 1 amide bonds. The van der Waals surface area contributed by atoms with E-state index in [0.717, 1.165) is 37.1 Å². The van der Waals surface area contributed by atoms with Crippen LogP contribution in [0.25, 0.3) is 11.1 Å². The summed E-state index contributed by atoms with van der Waals surface area (Å²) in [6.45, 7) is 2.10. The van der Waals surface area contributed by atoms with Gasteiger partial charge in [0.2, 0.25) is 0 Å². The van der Waals surface area contributed by atoms with Gasteiger partial charge in [0, 0.05) is 24.8 Å². The number of nitrogens with zero attached hydrogens (tertiary/aromatic N) is 3. The summed E-state index contributed by atoms with van der Waals surface area (Å²) in [5.74, 6) is 0.631. The maximum absolute atomic E-state index is 12.1. The fourth-order valence-electron chi connectivity index (χ4n) is 2.91. The largest absolute Gasteiger partial charge is 0.484 e. The van der Waals surface area contributed by atoms with Crippen molar-refractivity contribution in [3.63, 3.8) is 0 Å². The number of ether oxygens (including phenoxy) is 1. The summed E-state index contributed by atoms with van der Waals surface area (Å²) in [6, 6.07) is 7.98. The van der Waals surface area contributed by atoms with Crippen LogP contribution in [0.2, 0.25) is 0 Å². The molecule has 0 bridgehead atoms. The summed E-state index contributed by atoms with van der Waals surface area (Å²) >= 11 is 0. The Kier molecular flexibility index (Phi) is 5.15. The van der Waals surface area contributed by atoms with E-state index < -0.39 is 0 Å². The van der Waals surface area contributed by atoms with Crippen LogP contribution in [0.4, 0.5) is 0 Å². The van der Waals surface area contributed by atoms with Gasteiger partial charge in [-0.2, -0.15) is 5.10 Å². The highest BCUT2D eigenvalue weighted by molar-refractivity contribution is 5.78. The van der Waals surface area contributed by atoms with Gasteiger partial charge in [-0.15, -0.1) is 0 Å². The van der Waals surface area contributed by atoms with Crippen molar-refractivity contribution in [3.05, 3.63) is 36.7 Å². The Morgan fingerprint density at radius 2 is 2.08 bits per heavy atom. The van der Waals surface area contributed by atoms with Crippen LogP contribution in [0.15, 0.2) is 36.7 Å². The highest BCUT2D eigenvalue weighted by Gasteiger charge is 2.18. The molecule has 1 aliphatic rings. The topological polar surface area (TPSA) is 59.4 Å². The lowest BCUT2D eigenvalue weighted by Gasteiger charge is -2.29. The van der Waals surface area contributed by atoms with Gasteiger partial charge in [-0.1, -0.05) is 12.1 Å². The molecule has 0 unspecified atom stereocenters. The monoisotopic (exact) mass is 328 g/mol. The van der Waals surface area contributed by atoms with Gasteiger partial charge in [-0.3, -0.25) is 9.48 Å². The van der Waals surface area contributed by atoms with Gasteiger partial charge in [0.25, 0.3) is 5.91 Å². The number of aromatic nitrogens is 2. The first kappa shape index (κ1) is 16.5. The Bertz CT molecular complexity index is 690. The average Bonchev–Trinajstić information content (AvgIpc) is 3.02. The third-order valence-corrected chi connectivity index (χ3v) is 4.33. The Labute approximate surface area is 142 Å². The van der Waals surface area contributed by atoms with Crippen molar-refractivity contribution in [2.75, 3.05) is 26.7 Å². The van der Waals surface area contributed by atoms with E-state index in [1.54, 1.807) is 4.68 Å². The molecule has 0 radical (unpaired) electrons. The molecule has 2 aromatic rings. The highest BCUT2D eigenvalue weighted by Crippen LogP contribution is 2.23. The molecule has 24 heavy (non-hydrogen) atoms. The van der Waals surface area contributed by atoms with Crippen molar-refractivity contribution in [2.45, 2.75) is 18.9 Å². The Morgan fingerprint density at radius 1 is 1.29 bits per heavy atom. The van der Waals surface area contributed by atoms with Gasteiger partial charge in [0.15, 0.2) is 6.61 Å². The number of piperidine rings is 1. The predicted molar refractivity (Wildman–Crippen MR) is 92.8 cm³/mol. The maximum atomic E-state index is 12.1. The van der Waals surface area contributed by atoms with E-state index in [0.29, 0.717) is 5.75 Å². The molecule has 1 N–H and O–H groups in total. The minimum atomic E-state index is -0.0590. The molecule has 1 aliphatic heterocycles. The van der Waals surface area contributed by atoms with Crippen molar-refractivity contribution in [2.24, 2.45) is 7.05 Å². The quantitative estimate of drug-likeness (QED) is 0.907. The molecule has 0 saturated carbocycles. The van der Waals surface area contributed by atoms with Gasteiger partial charge < -0.3 is 15.0 Å². The lowest BCUT2D eigenvalue weighted by atomic mass is 10.1. The summed E-state index contributed by atoms with van der Waals surface area (Å²) in [5.41, 5.74) is 2.05. The molecule has 1 saturated heterocycles. The Balaban J connectivity index is 1.52. The molecule has 6 nitrogen and oxygen atoms in total. The van der Waals surface area contributed by atoms with Crippen LogP contribution in [-0.2, 0) is 11.8 Å². The Morgan fingerprint density at radius 3 is 2.79 bits per heavy atom. The van der Waals surface area contributed by atoms with E-state index in [1.807, 2.05) is 43.7 Å². The molecule has 1 aromatic heterocycles. The van der Waals surface area contributed by atoms with E-state index in [1.165, 1.54) is 0 Å². The first-order chi connectivity index (χ1) is 11.6. The first-order valence-electron chi connectivity index (χ1n) is 8.30. The minimum absolute atomic E-state index is 0.0445. The van der Waals surface area contributed by atoms with Crippen LogP contribution >= 0.6 is 0 Å². The van der Waals surface area contributed by atoms with E-state index in [9.17, 15) is 4.79 Å². The lowest BCUT2D eigenvalue weighted by Crippen LogP contribution is -2.44. The number of aryl methyl sites for hydroxylation is 1. The summed E-state index contributed by atoms with van der Waals surface area (Å²) in [6.07, 6.45) is 5.76. The van der Waals surface area contributed by atoms with Gasteiger partial charge in [-0.05, 0) is 50.7 Å². The van der Waals surface area contributed by atoms with Gasteiger partial charge >= 0.3 is 0 Å². The van der Waals surface area contributed by atoms with Gasteiger partial charge in [-0.25, -0.2) is 0 Å². The van der Waals surface area contributed by atoms with E-state index in [-0.39, 0.29) is 18.6 Å². The fraction of sp³-hybridized carbons (Fsp3) is 0.444. The van der Waals surface area contributed by atoms with Crippen LogP contribution in [0.1, 0.15) is 12.8 Å². The summed E-state index contributed by atoms with van der Waals surface area (Å²) < 4.78 is 7.41. The summed E-state index contributed by atoms with van der Waals surface area (Å²) in [7, 11) is 3.99. The maximum Gasteiger partial charge on any atom is 0.258 e. The molecule has 0 spiro atoms. The molecule has 0 atom stereocenters. The van der Waals surface area contributed by atoms with Crippen molar-refractivity contribution >= 4 is 5.91 Å². The predicted octanol–water partition coefficient (Wildman–Crippen LogP) is 1.68.